The first-order chi connectivity index (χ1) is 7.29. The molecular formula is C13H19OP. The normalized spacial score (nSPS) is 10.9. The van der Waals surface area contributed by atoms with E-state index < -0.39 is 0 Å². The summed E-state index contributed by atoms with van der Waals surface area (Å²) in [4.78, 5) is 0. The van der Waals surface area contributed by atoms with Gasteiger partial charge in [0.25, 0.3) is 0 Å². The molecule has 0 radical (unpaired) electrons. The van der Waals surface area contributed by atoms with E-state index in [2.05, 4.69) is 36.9 Å². The van der Waals surface area contributed by atoms with Crippen LogP contribution in [0.2, 0.25) is 0 Å². The molecule has 0 amide bonds. The van der Waals surface area contributed by atoms with Gasteiger partial charge in [-0.2, -0.15) is 0 Å². The molecule has 1 atom stereocenters. The maximum Gasteiger partial charge on any atom is 0.0851 e. The lowest BCUT2D eigenvalue weighted by Gasteiger charge is -2.02. The van der Waals surface area contributed by atoms with Crippen molar-refractivity contribution in [3.8, 4) is 0 Å². The first kappa shape index (κ1) is 12.3. The van der Waals surface area contributed by atoms with E-state index in [0.29, 0.717) is 5.76 Å². The summed E-state index contributed by atoms with van der Waals surface area (Å²) in [6, 6.07) is 10.6. The van der Waals surface area contributed by atoms with Gasteiger partial charge in [-0.05, 0) is 24.3 Å². The number of benzene rings is 1. The Bertz CT molecular complexity index is 282. The van der Waals surface area contributed by atoms with Gasteiger partial charge in [-0.15, -0.1) is 0 Å². The molecule has 0 aliphatic heterocycles. The van der Waals surface area contributed by atoms with Crippen molar-refractivity contribution in [3.05, 3.63) is 42.7 Å². The number of rotatable bonds is 7. The highest BCUT2D eigenvalue weighted by Gasteiger charge is 1.93. The van der Waals surface area contributed by atoms with Crippen LogP contribution in [0, 0.1) is 0 Å². The predicted molar refractivity (Wildman–Crippen MR) is 69.5 cm³/mol. The molecule has 1 aromatic rings. The maximum absolute atomic E-state index is 8.89. The summed E-state index contributed by atoms with van der Waals surface area (Å²) < 4.78 is 0. The molecular weight excluding hydrogens is 203 g/mol. The molecule has 15 heavy (non-hydrogen) atoms. The molecule has 0 bridgehead atoms. The molecule has 1 N–H and O–H groups in total. The third-order valence-electron chi connectivity index (χ3n) is 2.25. The average Bonchev–Trinajstić information content (AvgIpc) is 2.24. The van der Waals surface area contributed by atoms with Gasteiger partial charge in [-0.25, -0.2) is 0 Å². The summed E-state index contributed by atoms with van der Waals surface area (Å²) >= 11 is 0. The number of allylic oxidation sites excluding steroid dienone is 1. The van der Waals surface area contributed by atoms with Crippen LogP contribution in [0.15, 0.2) is 42.7 Å². The van der Waals surface area contributed by atoms with Gasteiger partial charge in [0, 0.05) is 6.42 Å². The van der Waals surface area contributed by atoms with Gasteiger partial charge in [0.1, 0.15) is 0 Å². The first-order valence-corrected chi connectivity index (χ1v) is 6.65. The van der Waals surface area contributed by atoms with Crippen molar-refractivity contribution in [2.24, 2.45) is 0 Å². The Balaban J connectivity index is 2.00. The van der Waals surface area contributed by atoms with Gasteiger partial charge in [-0.3, -0.25) is 0 Å². The maximum atomic E-state index is 8.89. The van der Waals surface area contributed by atoms with Gasteiger partial charge < -0.3 is 5.11 Å². The number of hydrogen-bond donors (Lipinski definition) is 1. The number of aliphatic hydroxyl groups excluding tert-OH is 1. The van der Waals surface area contributed by atoms with E-state index in [9.17, 15) is 0 Å². The Kier molecular flexibility index (Phi) is 6.11. The van der Waals surface area contributed by atoms with Crippen LogP contribution in [-0.4, -0.2) is 11.3 Å². The van der Waals surface area contributed by atoms with E-state index in [1.54, 1.807) is 0 Å². The molecule has 0 saturated carbocycles. The molecule has 1 nitrogen and oxygen atoms in total. The van der Waals surface area contributed by atoms with Crippen molar-refractivity contribution in [2.75, 3.05) is 6.16 Å². The fourth-order valence-electron chi connectivity index (χ4n) is 1.42. The van der Waals surface area contributed by atoms with Crippen molar-refractivity contribution < 1.29 is 5.11 Å². The van der Waals surface area contributed by atoms with Crippen molar-refractivity contribution in [1.82, 2.24) is 0 Å². The zero-order chi connectivity index (χ0) is 10.9. The monoisotopic (exact) mass is 222 g/mol. The lowest BCUT2D eigenvalue weighted by molar-refractivity contribution is 0.384. The highest BCUT2D eigenvalue weighted by Crippen LogP contribution is 2.14. The molecule has 0 fully saturated rings. The summed E-state index contributed by atoms with van der Waals surface area (Å²) in [7, 11) is 0.925. The van der Waals surface area contributed by atoms with Gasteiger partial charge >= 0.3 is 0 Å². The third-order valence-corrected chi connectivity index (χ3v) is 3.59. The van der Waals surface area contributed by atoms with Crippen molar-refractivity contribution in [2.45, 2.75) is 25.7 Å². The van der Waals surface area contributed by atoms with E-state index in [1.165, 1.54) is 24.3 Å². The molecule has 0 heterocycles. The van der Waals surface area contributed by atoms with Gasteiger partial charge in [0.05, 0.1) is 5.76 Å². The van der Waals surface area contributed by atoms with Gasteiger partial charge in [0.2, 0.25) is 0 Å². The molecule has 0 saturated heterocycles. The molecule has 1 unspecified atom stereocenters. The zero-order valence-electron chi connectivity index (χ0n) is 9.08. The molecule has 1 aromatic carbocycles. The first-order valence-electron chi connectivity index (χ1n) is 5.44. The Morgan fingerprint density at radius 3 is 2.53 bits per heavy atom. The summed E-state index contributed by atoms with van der Waals surface area (Å²) in [5.74, 6) is 0.320. The quantitative estimate of drug-likeness (QED) is 0.424. The molecule has 1 rings (SSSR count). The SMILES string of the molecule is C=C(O)CCCCCPc1ccccc1. The van der Waals surface area contributed by atoms with Crippen LogP contribution >= 0.6 is 8.58 Å². The van der Waals surface area contributed by atoms with E-state index in [0.717, 1.165) is 21.4 Å². The molecule has 0 aromatic heterocycles. The van der Waals surface area contributed by atoms with Crippen LogP contribution in [0.5, 0.6) is 0 Å². The molecule has 2 heteroatoms. The average molecular weight is 222 g/mol. The summed E-state index contributed by atoms with van der Waals surface area (Å²) in [5, 5.41) is 10.3. The number of hydrogen-bond acceptors (Lipinski definition) is 1. The highest BCUT2D eigenvalue weighted by atomic mass is 31.1. The lowest BCUT2D eigenvalue weighted by atomic mass is 10.2. The summed E-state index contributed by atoms with van der Waals surface area (Å²) in [6.45, 7) is 3.48. The fraction of sp³-hybridized carbons (Fsp3) is 0.385. The van der Waals surface area contributed by atoms with E-state index in [-0.39, 0.29) is 0 Å². The van der Waals surface area contributed by atoms with Gasteiger partial charge in [0.15, 0.2) is 0 Å². The standard InChI is InChI=1S/C13H19OP/c1-12(14)8-4-3-7-11-15-13-9-5-2-6-10-13/h2,5-6,9-10,14-15H,1,3-4,7-8,11H2. The van der Waals surface area contributed by atoms with Crippen molar-refractivity contribution in [3.63, 3.8) is 0 Å². The van der Waals surface area contributed by atoms with E-state index in [1.807, 2.05) is 0 Å². The second kappa shape index (κ2) is 7.48. The van der Waals surface area contributed by atoms with Crippen molar-refractivity contribution >= 4 is 13.9 Å². The highest BCUT2D eigenvalue weighted by molar-refractivity contribution is 7.47. The fourth-order valence-corrected chi connectivity index (χ4v) is 2.56. The molecule has 0 aliphatic carbocycles. The zero-order valence-corrected chi connectivity index (χ0v) is 10.1. The van der Waals surface area contributed by atoms with Crippen LogP contribution in [-0.2, 0) is 0 Å². The topological polar surface area (TPSA) is 20.2 Å². The molecule has 82 valence electrons. The van der Waals surface area contributed by atoms with E-state index in [4.69, 9.17) is 5.11 Å². The largest absolute Gasteiger partial charge is 0.513 e. The van der Waals surface area contributed by atoms with Crippen LogP contribution in [0.1, 0.15) is 25.7 Å². The molecule has 0 aliphatic rings. The Labute approximate surface area is 94.0 Å². The lowest BCUT2D eigenvalue weighted by Crippen LogP contribution is -1.93. The summed E-state index contributed by atoms with van der Waals surface area (Å²) in [5.41, 5.74) is 0. The molecule has 0 spiro atoms. The minimum absolute atomic E-state index is 0.320. The Morgan fingerprint density at radius 2 is 1.87 bits per heavy atom. The smallest absolute Gasteiger partial charge is 0.0851 e. The minimum Gasteiger partial charge on any atom is -0.513 e. The number of aliphatic hydroxyl groups is 1. The van der Waals surface area contributed by atoms with Crippen LogP contribution in [0.3, 0.4) is 0 Å². The minimum atomic E-state index is 0.320. The van der Waals surface area contributed by atoms with Crippen LogP contribution in [0.4, 0.5) is 0 Å². The van der Waals surface area contributed by atoms with Crippen LogP contribution < -0.4 is 5.30 Å². The Morgan fingerprint density at radius 1 is 1.13 bits per heavy atom. The number of unbranched alkanes of at least 4 members (excludes halogenated alkanes) is 2. The van der Waals surface area contributed by atoms with E-state index >= 15 is 0 Å². The third kappa shape index (κ3) is 6.30. The van der Waals surface area contributed by atoms with Gasteiger partial charge in [-0.1, -0.05) is 51.9 Å². The predicted octanol–water partition coefficient (Wildman–Crippen LogP) is 3.62. The van der Waals surface area contributed by atoms with Crippen molar-refractivity contribution in [1.29, 1.82) is 0 Å². The second-order valence-electron chi connectivity index (χ2n) is 3.67. The Hall–Kier alpha value is -0.810. The van der Waals surface area contributed by atoms with Crippen LogP contribution in [0.25, 0.3) is 0 Å². The second-order valence-corrected chi connectivity index (χ2v) is 5.10. The summed E-state index contributed by atoms with van der Waals surface area (Å²) in [6.07, 6.45) is 5.53.